The van der Waals surface area contributed by atoms with Crippen molar-refractivity contribution in [2.75, 3.05) is 0 Å². The Morgan fingerprint density at radius 2 is 1.60 bits per heavy atom. The summed E-state index contributed by atoms with van der Waals surface area (Å²) < 4.78 is 1.24. The van der Waals surface area contributed by atoms with E-state index in [0.29, 0.717) is 16.3 Å². The Morgan fingerprint density at radius 3 is 2.16 bits per heavy atom. The molecule has 0 fully saturated rings. The Labute approximate surface area is 151 Å². The molecular formula is C17H10Cl2N2O4. The van der Waals surface area contributed by atoms with Gasteiger partial charge in [0, 0.05) is 5.56 Å². The smallest absolute Gasteiger partial charge is 0.357 e. The van der Waals surface area contributed by atoms with Gasteiger partial charge in [0.1, 0.15) is 5.56 Å². The van der Waals surface area contributed by atoms with Crippen molar-refractivity contribution in [1.82, 2.24) is 9.78 Å². The van der Waals surface area contributed by atoms with Crippen LogP contribution in [0, 0.1) is 0 Å². The van der Waals surface area contributed by atoms with Crippen molar-refractivity contribution in [3.63, 3.8) is 0 Å². The number of benzene rings is 2. The molecular weight excluding hydrogens is 367 g/mol. The Bertz CT molecular complexity index is 984. The van der Waals surface area contributed by atoms with Gasteiger partial charge >= 0.3 is 11.9 Å². The largest absolute Gasteiger partial charge is 0.478 e. The van der Waals surface area contributed by atoms with E-state index in [4.69, 9.17) is 23.2 Å². The van der Waals surface area contributed by atoms with Gasteiger partial charge in [-0.25, -0.2) is 14.3 Å². The van der Waals surface area contributed by atoms with Crippen LogP contribution in [0.1, 0.15) is 20.8 Å². The zero-order valence-corrected chi connectivity index (χ0v) is 14.0. The molecule has 3 rings (SSSR count). The van der Waals surface area contributed by atoms with Gasteiger partial charge in [0.05, 0.1) is 21.4 Å². The maximum absolute atomic E-state index is 11.7. The first kappa shape index (κ1) is 17.0. The zero-order chi connectivity index (χ0) is 18.1. The van der Waals surface area contributed by atoms with Crippen LogP contribution >= 0.6 is 23.2 Å². The average Bonchev–Trinajstić information content (AvgIpc) is 2.99. The number of halogens is 2. The second-order valence-corrected chi connectivity index (χ2v) is 5.87. The second-order valence-electron chi connectivity index (χ2n) is 5.06. The quantitative estimate of drug-likeness (QED) is 0.710. The Kier molecular flexibility index (Phi) is 4.48. The van der Waals surface area contributed by atoms with E-state index in [1.54, 1.807) is 36.4 Å². The summed E-state index contributed by atoms with van der Waals surface area (Å²) in [6.07, 6.45) is 0. The van der Waals surface area contributed by atoms with Crippen molar-refractivity contribution in [3.8, 4) is 16.9 Å². The highest BCUT2D eigenvalue weighted by atomic mass is 35.5. The molecule has 1 aromatic heterocycles. The number of carbonyl (C=O) groups is 2. The molecule has 0 aliphatic rings. The molecule has 0 aliphatic heterocycles. The molecule has 0 saturated heterocycles. The van der Waals surface area contributed by atoms with Crippen LogP contribution in [-0.2, 0) is 0 Å². The van der Waals surface area contributed by atoms with Gasteiger partial charge in [0.15, 0.2) is 5.69 Å². The number of hydrogen-bond donors (Lipinski definition) is 2. The van der Waals surface area contributed by atoms with Crippen LogP contribution < -0.4 is 0 Å². The number of rotatable bonds is 4. The molecule has 2 aromatic carbocycles. The molecule has 8 heteroatoms. The molecule has 0 radical (unpaired) electrons. The SMILES string of the molecule is O=C(O)c1nn(-c2ccc(Cl)c(Cl)c2)c(-c2ccccc2)c1C(=O)O. The molecule has 0 aliphatic carbocycles. The van der Waals surface area contributed by atoms with E-state index in [9.17, 15) is 19.8 Å². The molecule has 0 amide bonds. The van der Waals surface area contributed by atoms with E-state index in [-0.39, 0.29) is 10.7 Å². The van der Waals surface area contributed by atoms with Gasteiger partial charge in [-0.15, -0.1) is 0 Å². The van der Waals surface area contributed by atoms with E-state index in [2.05, 4.69) is 5.10 Å². The van der Waals surface area contributed by atoms with Gasteiger partial charge in [-0.2, -0.15) is 5.10 Å². The van der Waals surface area contributed by atoms with E-state index >= 15 is 0 Å². The molecule has 25 heavy (non-hydrogen) atoms. The maximum atomic E-state index is 11.7. The molecule has 0 bridgehead atoms. The highest BCUT2D eigenvalue weighted by molar-refractivity contribution is 6.42. The van der Waals surface area contributed by atoms with E-state index in [0.717, 1.165) is 0 Å². The van der Waals surface area contributed by atoms with E-state index in [1.807, 2.05) is 0 Å². The third kappa shape index (κ3) is 3.09. The molecule has 1 heterocycles. The standard InChI is InChI=1S/C17H10Cl2N2O4/c18-11-7-6-10(8-12(11)19)21-15(9-4-2-1-3-5-9)13(16(22)23)14(20-21)17(24)25/h1-8H,(H,22,23)(H,24,25). The highest BCUT2D eigenvalue weighted by Gasteiger charge is 2.29. The van der Waals surface area contributed by atoms with Gasteiger partial charge in [0.2, 0.25) is 0 Å². The molecule has 0 spiro atoms. The van der Waals surface area contributed by atoms with Crippen molar-refractivity contribution in [2.45, 2.75) is 0 Å². The Morgan fingerprint density at radius 1 is 0.920 bits per heavy atom. The molecule has 0 atom stereocenters. The normalized spacial score (nSPS) is 10.6. The summed E-state index contributed by atoms with van der Waals surface area (Å²) in [5.74, 6) is -2.82. The van der Waals surface area contributed by atoms with Crippen molar-refractivity contribution in [1.29, 1.82) is 0 Å². The van der Waals surface area contributed by atoms with Crippen LogP contribution in [0.4, 0.5) is 0 Å². The number of carboxylic acids is 2. The minimum Gasteiger partial charge on any atom is -0.478 e. The maximum Gasteiger partial charge on any atom is 0.357 e. The lowest BCUT2D eigenvalue weighted by Gasteiger charge is -2.09. The summed E-state index contributed by atoms with van der Waals surface area (Å²) in [6, 6.07) is 13.1. The van der Waals surface area contributed by atoms with Gasteiger partial charge in [0.25, 0.3) is 0 Å². The third-order valence-electron chi connectivity index (χ3n) is 3.50. The number of hydrogen-bond acceptors (Lipinski definition) is 3. The van der Waals surface area contributed by atoms with Crippen molar-refractivity contribution >= 4 is 35.1 Å². The Balaban J connectivity index is 2.38. The highest BCUT2D eigenvalue weighted by Crippen LogP contribution is 2.31. The lowest BCUT2D eigenvalue weighted by Crippen LogP contribution is -2.07. The summed E-state index contributed by atoms with van der Waals surface area (Å²) >= 11 is 11.9. The fraction of sp³-hybridized carbons (Fsp3) is 0. The fourth-order valence-corrected chi connectivity index (χ4v) is 2.73. The monoisotopic (exact) mass is 376 g/mol. The summed E-state index contributed by atoms with van der Waals surface area (Å²) in [7, 11) is 0. The fourth-order valence-electron chi connectivity index (χ4n) is 2.44. The van der Waals surface area contributed by atoms with Crippen molar-refractivity contribution < 1.29 is 19.8 Å². The lowest BCUT2D eigenvalue weighted by atomic mass is 10.1. The molecule has 6 nitrogen and oxygen atoms in total. The predicted molar refractivity (Wildman–Crippen MR) is 92.9 cm³/mol. The second kappa shape index (κ2) is 6.58. The van der Waals surface area contributed by atoms with Crippen LogP contribution in [0.2, 0.25) is 10.0 Å². The molecule has 0 saturated carbocycles. The first-order chi connectivity index (χ1) is 11.9. The summed E-state index contributed by atoms with van der Waals surface area (Å²) in [5, 5.41) is 23.4. The van der Waals surface area contributed by atoms with Gasteiger partial charge < -0.3 is 10.2 Å². The predicted octanol–water partition coefficient (Wildman–Crippen LogP) is 4.24. The average molecular weight is 377 g/mol. The van der Waals surface area contributed by atoms with Crippen LogP contribution in [0.25, 0.3) is 16.9 Å². The van der Waals surface area contributed by atoms with Crippen LogP contribution in [0.3, 0.4) is 0 Å². The van der Waals surface area contributed by atoms with Crippen LogP contribution in [0.15, 0.2) is 48.5 Å². The Hall–Kier alpha value is -2.83. The van der Waals surface area contributed by atoms with Crippen LogP contribution in [-0.4, -0.2) is 31.9 Å². The molecule has 126 valence electrons. The number of aromatic carboxylic acids is 2. The van der Waals surface area contributed by atoms with Gasteiger partial charge in [-0.05, 0) is 18.2 Å². The topological polar surface area (TPSA) is 92.4 Å². The summed E-state index contributed by atoms with van der Waals surface area (Å²) in [6.45, 7) is 0. The van der Waals surface area contributed by atoms with Gasteiger partial charge in [-0.3, -0.25) is 0 Å². The molecule has 3 aromatic rings. The summed E-state index contributed by atoms with van der Waals surface area (Å²) in [5.41, 5.74) is 0.0836. The lowest BCUT2D eigenvalue weighted by molar-refractivity contribution is 0.0648. The number of carboxylic acid groups (broad SMARTS) is 2. The van der Waals surface area contributed by atoms with Crippen molar-refractivity contribution in [2.24, 2.45) is 0 Å². The first-order valence-corrected chi connectivity index (χ1v) is 7.76. The van der Waals surface area contributed by atoms with E-state index < -0.39 is 23.2 Å². The van der Waals surface area contributed by atoms with Gasteiger partial charge in [-0.1, -0.05) is 53.5 Å². The van der Waals surface area contributed by atoms with Crippen LogP contribution in [0.5, 0.6) is 0 Å². The first-order valence-electron chi connectivity index (χ1n) is 7.00. The minimum absolute atomic E-state index is 0.142. The van der Waals surface area contributed by atoms with E-state index in [1.165, 1.54) is 16.8 Å². The summed E-state index contributed by atoms with van der Waals surface area (Å²) in [4.78, 5) is 23.2. The van der Waals surface area contributed by atoms with Crippen molar-refractivity contribution in [3.05, 3.63) is 69.8 Å². The minimum atomic E-state index is -1.44. The molecule has 2 N–H and O–H groups in total. The molecule has 0 unspecified atom stereocenters. The number of aromatic nitrogens is 2. The zero-order valence-electron chi connectivity index (χ0n) is 12.5. The third-order valence-corrected chi connectivity index (χ3v) is 4.24. The number of nitrogens with zero attached hydrogens (tertiary/aromatic N) is 2.